The third-order valence-corrected chi connectivity index (χ3v) is 5.80. The van der Waals surface area contributed by atoms with Crippen LogP contribution in [0.4, 0.5) is 0 Å². The summed E-state index contributed by atoms with van der Waals surface area (Å²) < 4.78 is 0.948. The Balaban J connectivity index is 1.52. The largest absolute Gasteiger partial charge is 0.354 e. The molecule has 0 saturated carbocycles. The Hall–Kier alpha value is -2.37. The van der Waals surface area contributed by atoms with Gasteiger partial charge in [-0.2, -0.15) is 0 Å². The molecule has 3 rings (SSSR count). The number of hydrogen-bond donors (Lipinski definition) is 2. The summed E-state index contributed by atoms with van der Waals surface area (Å²) in [6.07, 6.45) is 0. The van der Waals surface area contributed by atoms with Crippen LogP contribution in [0.25, 0.3) is 10.1 Å². The van der Waals surface area contributed by atoms with Crippen LogP contribution in [0.1, 0.15) is 28.1 Å². The van der Waals surface area contributed by atoms with Gasteiger partial charge in [-0.15, -0.1) is 11.3 Å². The lowest BCUT2D eigenvalue weighted by Crippen LogP contribution is -2.38. The van der Waals surface area contributed by atoms with E-state index in [0.29, 0.717) is 16.4 Å². The van der Waals surface area contributed by atoms with Gasteiger partial charge in [-0.1, -0.05) is 67.1 Å². The fraction of sp³-hybridized carbons (Fsp3) is 0.200. The molecule has 134 valence electrons. The van der Waals surface area contributed by atoms with E-state index in [1.54, 1.807) is 0 Å². The molecule has 0 saturated heterocycles. The van der Waals surface area contributed by atoms with Gasteiger partial charge in [0.05, 0.1) is 11.6 Å². The van der Waals surface area contributed by atoms with Crippen LogP contribution in [-0.4, -0.2) is 24.9 Å². The number of halogens is 1. The van der Waals surface area contributed by atoms with E-state index in [0.717, 1.165) is 15.6 Å². The van der Waals surface area contributed by atoms with Gasteiger partial charge in [0.1, 0.15) is 4.88 Å². The van der Waals surface area contributed by atoms with Gasteiger partial charge in [0, 0.05) is 16.6 Å². The maximum absolute atomic E-state index is 12.3. The molecule has 0 aliphatic rings. The minimum absolute atomic E-state index is 0.0785. The fourth-order valence-corrected chi connectivity index (χ4v) is 4.06. The van der Waals surface area contributed by atoms with E-state index >= 15 is 0 Å². The lowest BCUT2D eigenvalue weighted by Gasteiger charge is -2.13. The Morgan fingerprint density at radius 3 is 2.46 bits per heavy atom. The summed E-state index contributed by atoms with van der Waals surface area (Å²) in [5.41, 5.74) is 1.16. The van der Waals surface area contributed by atoms with E-state index in [2.05, 4.69) is 10.6 Å². The number of fused-ring (bicyclic) bond motifs is 1. The lowest BCUT2D eigenvalue weighted by atomic mass is 10.0. The second-order valence-corrected chi connectivity index (χ2v) is 7.47. The highest BCUT2D eigenvalue weighted by molar-refractivity contribution is 7.21. The molecule has 4 nitrogen and oxygen atoms in total. The average Bonchev–Trinajstić information content (AvgIpc) is 3.02. The Morgan fingerprint density at radius 2 is 1.73 bits per heavy atom. The highest BCUT2D eigenvalue weighted by Crippen LogP contribution is 2.34. The Morgan fingerprint density at radius 1 is 1.04 bits per heavy atom. The van der Waals surface area contributed by atoms with E-state index in [1.807, 2.05) is 61.5 Å². The van der Waals surface area contributed by atoms with Crippen LogP contribution >= 0.6 is 22.9 Å². The minimum atomic E-state index is -0.331. The Labute approximate surface area is 161 Å². The Kier molecular flexibility index (Phi) is 5.91. The van der Waals surface area contributed by atoms with Crippen molar-refractivity contribution < 1.29 is 9.59 Å². The standard InChI is InChI=1S/C20H19ClN2O2S/c1-13(14-7-3-2-4-8-14)11-22-17(24)12-23-20(25)19-18(21)15-9-5-6-10-16(15)26-19/h2-10,13H,11-12H2,1H3,(H,22,24)(H,23,25)/t13-/m0/s1. The van der Waals surface area contributed by atoms with Gasteiger partial charge in [-0.05, 0) is 17.5 Å². The molecule has 26 heavy (non-hydrogen) atoms. The van der Waals surface area contributed by atoms with Crippen molar-refractivity contribution >= 4 is 44.8 Å². The maximum Gasteiger partial charge on any atom is 0.263 e. The molecule has 0 aliphatic carbocycles. The molecule has 2 amide bonds. The van der Waals surface area contributed by atoms with Crippen LogP contribution in [0.2, 0.25) is 5.02 Å². The van der Waals surface area contributed by atoms with Crippen LogP contribution in [0, 0.1) is 0 Å². The van der Waals surface area contributed by atoms with Crippen LogP contribution in [0.15, 0.2) is 54.6 Å². The number of amides is 2. The summed E-state index contributed by atoms with van der Waals surface area (Å²) in [5, 5.41) is 6.77. The molecule has 0 radical (unpaired) electrons. The van der Waals surface area contributed by atoms with E-state index in [9.17, 15) is 9.59 Å². The van der Waals surface area contributed by atoms with Crippen LogP contribution in [0.5, 0.6) is 0 Å². The summed E-state index contributed by atoms with van der Waals surface area (Å²) in [5.74, 6) is -0.353. The van der Waals surface area contributed by atoms with Gasteiger partial charge in [0.15, 0.2) is 0 Å². The lowest BCUT2D eigenvalue weighted by molar-refractivity contribution is -0.120. The smallest absolute Gasteiger partial charge is 0.263 e. The number of carbonyl (C=O) groups is 2. The summed E-state index contributed by atoms with van der Waals surface area (Å²) >= 11 is 7.61. The SMILES string of the molecule is C[C@@H](CNC(=O)CNC(=O)c1sc2ccccc2c1Cl)c1ccccc1. The average molecular weight is 387 g/mol. The molecule has 2 aromatic carbocycles. The molecule has 1 heterocycles. The fourth-order valence-electron chi connectivity index (χ4n) is 2.63. The van der Waals surface area contributed by atoms with Gasteiger partial charge in [0.25, 0.3) is 5.91 Å². The zero-order valence-electron chi connectivity index (χ0n) is 14.3. The molecule has 1 atom stereocenters. The quantitative estimate of drug-likeness (QED) is 0.666. The highest BCUT2D eigenvalue weighted by Gasteiger charge is 2.17. The van der Waals surface area contributed by atoms with Crippen molar-refractivity contribution in [2.75, 3.05) is 13.1 Å². The molecule has 3 aromatic rings. The predicted octanol–water partition coefficient (Wildman–Crippen LogP) is 4.20. The number of carbonyl (C=O) groups excluding carboxylic acids is 2. The molecular weight excluding hydrogens is 368 g/mol. The maximum atomic E-state index is 12.3. The van der Waals surface area contributed by atoms with Crippen molar-refractivity contribution in [2.45, 2.75) is 12.8 Å². The van der Waals surface area contributed by atoms with E-state index < -0.39 is 0 Å². The van der Waals surface area contributed by atoms with Crippen LogP contribution in [0.3, 0.4) is 0 Å². The molecule has 2 N–H and O–H groups in total. The third-order valence-electron chi connectivity index (χ3n) is 4.12. The van der Waals surface area contributed by atoms with Crippen molar-refractivity contribution in [2.24, 2.45) is 0 Å². The van der Waals surface area contributed by atoms with Gasteiger partial charge in [0.2, 0.25) is 5.91 Å². The zero-order valence-corrected chi connectivity index (χ0v) is 15.9. The Bertz CT molecular complexity index is 924. The molecule has 0 unspecified atom stereocenters. The van der Waals surface area contributed by atoms with Crippen molar-refractivity contribution in [1.82, 2.24) is 10.6 Å². The van der Waals surface area contributed by atoms with Crippen molar-refractivity contribution in [3.05, 3.63) is 70.1 Å². The van der Waals surface area contributed by atoms with Gasteiger partial charge in [-0.25, -0.2) is 0 Å². The topological polar surface area (TPSA) is 58.2 Å². The van der Waals surface area contributed by atoms with Crippen LogP contribution in [-0.2, 0) is 4.79 Å². The van der Waals surface area contributed by atoms with E-state index in [4.69, 9.17) is 11.6 Å². The number of hydrogen-bond acceptors (Lipinski definition) is 3. The number of benzene rings is 2. The molecule has 0 aliphatic heterocycles. The van der Waals surface area contributed by atoms with Gasteiger partial charge < -0.3 is 10.6 Å². The van der Waals surface area contributed by atoms with Crippen molar-refractivity contribution in [3.63, 3.8) is 0 Å². The normalized spacial score (nSPS) is 11.9. The van der Waals surface area contributed by atoms with E-state index in [1.165, 1.54) is 11.3 Å². The molecule has 0 fully saturated rings. The summed E-state index contributed by atoms with van der Waals surface area (Å²) in [6.45, 7) is 2.48. The molecule has 0 spiro atoms. The number of rotatable bonds is 6. The first-order chi connectivity index (χ1) is 12.6. The predicted molar refractivity (Wildman–Crippen MR) is 107 cm³/mol. The summed E-state index contributed by atoms with van der Waals surface area (Å²) in [4.78, 5) is 24.8. The first-order valence-corrected chi connectivity index (χ1v) is 9.52. The van der Waals surface area contributed by atoms with Gasteiger partial charge in [-0.3, -0.25) is 9.59 Å². The third kappa shape index (κ3) is 4.23. The van der Waals surface area contributed by atoms with Crippen molar-refractivity contribution in [3.8, 4) is 0 Å². The molecule has 0 bridgehead atoms. The second kappa shape index (κ2) is 8.34. The monoisotopic (exact) mass is 386 g/mol. The molecule has 1 aromatic heterocycles. The van der Waals surface area contributed by atoms with Crippen LogP contribution < -0.4 is 10.6 Å². The highest BCUT2D eigenvalue weighted by atomic mass is 35.5. The first-order valence-electron chi connectivity index (χ1n) is 8.33. The van der Waals surface area contributed by atoms with Gasteiger partial charge >= 0.3 is 0 Å². The summed E-state index contributed by atoms with van der Waals surface area (Å²) in [7, 11) is 0. The van der Waals surface area contributed by atoms with Crippen molar-refractivity contribution in [1.29, 1.82) is 0 Å². The minimum Gasteiger partial charge on any atom is -0.354 e. The number of nitrogens with one attached hydrogen (secondary N) is 2. The number of thiophene rings is 1. The summed E-state index contributed by atoms with van der Waals surface area (Å²) in [6, 6.07) is 17.5. The zero-order chi connectivity index (χ0) is 18.5. The molecule has 6 heteroatoms. The van der Waals surface area contributed by atoms with E-state index in [-0.39, 0.29) is 24.3 Å². The second-order valence-electron chi connectivity index (χ2n) is 6.04. The molecular formula is C20H19ClN2O2S. The first kappa shape index (κ1) is 18.4.